The molecular formula is C8H13I. The Morgan fingerprint density at radius 3 is 2.78 bits per heavy atom. The highest BCUT2D eigenvalue weighted by Crippen LogP contribution is 2.32. The first-order chi connectivity index (χ1) is 4.20. The molecule has 1 saturated carbocycles. The van der Waals surface area contributed by atoms with Crippen molar-refractivity contribution in [3.05, 3.63) is 12.2 Å². The van der Waals surface area contributed by atoms with Crippen molar-refractivity contribution in [1.29, 1.82) is 0 Å². The molecule has 1 aliphatic rings. The van der Waals surface area contributed by atoms with Crippen LogP contribution >= 0.6 is 22.6 Å². The van der Waals surface area contributed by atoms with Gasteiger partial charge in [-0.25, -0.2) is 0 Å². The Hall–Kier alpha value is 0.470. The van der Waals surface area contributed by atoms with Crippen molar-refractivity contribution in [1.82, 2.24) is 0 Å². The van der Waals surface area contributed by atoms with Gasteiger partial charge in [0.1, 0.15) is 0 Å². The van der Waals surface area contributed by atoms with Gasteiger partial charge < -0.3 is 0 Å². The van der Waals surface area contributed by atoms with Crippen LogP contribution < -0.4 is 0 Å². The van der Waals surface area contributed by atoms with E-state index in [0.717, 1.165) is 9.84 Å². The van der Waals surface area contributed by atoms with Gasteiger partial charge in [-0.2, -0.15) is 0 Å². The molecule has 0 aromatic carbocycles. The monoisotopic (exact) mass is 236 g/mol. The Bertz CT molecular complexity index is 118. The molecule has 0 radical (unpaired) electrons. The second-order valence-corrected chi connectivity index (χ2v) is 4.59. The number of rotatable bonds is 0. The number of allylic oxidation sites excluding steroid dienone is 1. The average Bonchev–Trinajstić information content (AvgIpc) is 1.80. The minimum Gasteiger partial charge on any atom is -0.0998 e. The van der Waals surface area contributed by atoms with Crippen molar-refractivity contribution in [3.8, 4) is 0 Å². The van der Waals surface area contributed by atoms with E-state index in [2.05, 4.69) is 36.1 Å². The van der Waals surface area contributed by atoms with E-state index in [9.17, 15) is 0 Å². The fourth-order valence-electron chi connectivity index (χ4n) is 1.19. The minimum atomic E-state index is 0.851. The molecular weight excluding hydrogens is 223 g/mol. The SMILES string of the molecule is C=C1CC[C@@H](C)[C@H](I)C1. The summed E-state index contributed by atoms with van der Waals surface area (Å²) in [5.74, 6) is 0.913. The van der Waals surface area contributed by atoms with Gasteiger partial charge in [-0.15, -0.1) is 0 Å². The molecule has 0 nitrogen and oxygen atoms in total. The van der Waals surface area contributed by atoms with E-state index in [1.54, 1.807) is 0 Å². The molecule has 0 N–H and O–H groups in total. The molecule has 0 unspecified atom stereocenters. The van der Waals surface area contributed by atoms with Gasteiger partial charge in [0, 0.05) is 3.92 Å². The molecule has 2 atom stereocenters. The summed E-state index contributed by atoms with van der Waals surface area (Å²) in [6.07, 6.45) is 3.87. The Balaban J connectivity index is 2.44. The van der Waals surface area contributed by atoms with Crippen LogP contribution in [0.4, 0.5) is 0 Å². The molecule has 0 spiro atoms. The second-order valence-electron chi connectivity index (χ2n) is 2.99. The minimum absolute atomic E-state index is 0.851. The van der Waals surface area contributed by atoms with E-state index in [-0.39, 0.29) is 0 Å². The molecule has 1 rings (SSSR count). The lowest BCUT2D eigenvalue weighted by Gasteiger charge is -2.25. The quantitative estimate of drug-likeness (QED) is 0.344. The molecule has 9 heavy (non-hydrogen) atoms. The summed E-state index contributed by atoms with van der Waals surface area (Å²) in [5.41, 5.74) is 1.45. The summed E-state index contributed by atoms with van der Waals surface area (Å²) < 4.78 is 0.851. The van der Waals surface area contributed by atoms with Crippen LogP contribution in [-0.4, -0.2) is 3.92 Å². The Morgan fingerprint density at radius 1 is 1.67 bits per heavy atom. The molecule has 52 valence electrons. The highest BCUT2D eigenvalue weighted by Gasteiger charge is 2.19. The molecule has 0 heterocycles. The Kier molecular flexibility index (Phi) is 2.56. The van der Waals surface area contributed by atoms with Crippen molar-refractivity contribution < 1.29 is 0 Å². The van der Waals surface area contributed by atoms with E-state index in [0.29, 0.717) is 0 Å². The lowest BCUT2D eigenvalue weighted by atomic mass is 9.88. The largest absolute Gasteiger partial charge is 0.0998 e. The van der Waals surface area contributed by atoms with Crippen molar-refractivity contribution in [2.75, 3.05) is 0 Å². The molecule has 1 aliphatic carbocycles. The van der Waals surface area contributed by atoms with E-state index >= 15 is 0 Å². The summed E-state index contributed by atoms with van der Waals surface area (Å²) in [6.45, 7) is 6.33. The normalized spacial score (nSPS) is 36.9. The van der Waals surface area contributed by atoms with Gasteiger partial charge in [0.25, 0.3) is 0 Å². The third kappa shape index (κ3) is 1.95. The maximum atomic E-state index is 3.99. The van der Waals surface area contributed by atoms with E-state index in [4.69, 9.17) is 0 Å². The van der Waals surface area contributed by atoms with Crippen LogP contribution in [0.15, 0.2) is 12.2 Å². The number of hydrogen-bond acceptors (Lipinski definition) is 0. The van der Waals surface area contributed by atoms with Gasteiger partial charge >= 0.3 is 0 Å². The zero-order valence-electron chi connectivity index (χ0n) is 5.86. The van der Waals surface area contributed by atoms with Gasteiger partial charge in [0.2, 0.25) is 0 Å². The van der Waals surface area contributed by atoms with Crippen LogP contribution in [0.3, 0.4) is 0 Å². The zero-order valence-corrected chi connectivity index (χ0v) is 8.02. The molecule has 0 amide bonds. The fraction of sp³-hybridized carbons (Fsp3) is 0.750. The van der Waals surface area contributed by atoms with Gasteiger partial charge in [0.05, 0.1) is 0 Å². The van der Waals surface area contributed by atoms with E-state index in [1.165, 1.54) is 24.8 Å². The molecule has 1 heteroatoms. The number of alkyl halides is 1. The predicted molar refractivity (Wildman–Crippen MR) is 50.0 cm³/mol. The first-order valence-corrected chi connectivity index (χ1v) is 4.75. The smallest absolute Gasteiger partial charge is 0.0172 e. The standard InChI is InChI=1S/C8H13I/c1-6-3-4-7(2)8(9)5-6/h7-8H,1,3-5H2,2H3/t7-,8-/m1/s1. The number of halogens is 1. The van der Waals surface area contributed by atoms with Gasteiger partial charge in [-0.3, -0.25) is 0 Å². The summed E-state index contributed by atoms with van der Waals surface area (Å²) >= 11 is 2.54. The summed E-state index contributed by atoms with van der Waals surface area (Å²) in [4.78, 5) is 0. The summed E-state index contributed by atoms with van der Waals surface area (Å²) in [5, 5.41) is 0. The molecule has 0 aliphatic heterocycles. The van der Waals surface area contributed by atoms with Gasteiger partial charge in [0.15, 0.2) is 0 Å². The summed E-state index contributed by atoms with van der Waals surface area (Å²) in [7, 11) is 0. The lowest BCUT2D eigenvalue weighted by Crippen LogP contribution is -2.16. The number of hydrogen-bond donors (Lipinski definition) is 0. The van der Waals surface area contributed by atoms with Crippen molar-refractivity contribution >= 4 is 22.6 Å². The van der Waals surface area contributed by atoms with Gasteiger partial charge in [-0.05, 0) is 25.2 Å². The average molecular weight is 236 g/mol. The molecule has 0 aromatic rings. The van der Waals surface area contributed by atoms with Crippen molar-refractivity contribution in [2.24, 2.45) is 5.92 Å². The van der Waals surface area contributed by atoms with Crippen LogP contribution in [0.2, 0.25) is 0 Å². The van der Waals surface area contributed by atoms with Gasteiger partial charge in [-0.1, -0.05) is 41.7 Å². The fourth-order valence-corrected chi connectivity index (χ4v) is 2.17. The van der Waals surface area contributed by atoms with Crippen molar-refractivity contribution in [3.63, 3.8) is 0 Å². The maximum absolute atomic E-state index is 3.99. The van der Waals surface area contributed by atoms with Crippen LogP contribution in [0.25, 0.3) is 0 Å². The maximum Gasteiger partial charge on any atom is 0.0172 e. The molecule has 0 saturated heterocycles. The Morgan fingerprint density at radius 2 is 2.33 bits per heavy atom. The topological polar surface area (TPSA) is 0 Å². The van der Waals surface area contributed by atoms with Crippen LogP contribution in [0, 0.1) is 5.92 Å². The highest BCUT2D eigenvalue weighted by atomic mass is 127. The van der Waals surface area contributed by atoms with Crippen LogP contribution in [-0.2, 0) is 0 Å². The third-order valence-electron chi connectivity index (χ3n) is 2.05. The highest BCUT2D eigenvalue weighted by molar-refractivity contribution is 14.1. The first-order valence-electron chi connectivity index (χ1n) is 3.51. The van der Waals surface area contributed by atoms with Crippen molar-refractivity contribution in [2.45, 2.75) is 30.1 Å². The molecule has 0 aromatic heterocycles. The molecule has 1 fully saturated rings. The lowest BCUT2D eigenvalue weighted by molar-refractivity contribution is 0.471. The summed E-state index contributed by atoms with van der Waals surface area (Å²) in [6, 6.07) is 0. The van der Waals surface area contributed by atoms with Crippen LogP contribution in [0.1, 0.15) is 26.2 Å². The molecule has 0 bridgehead atoms. The second kappa shape index (κ2) is 3.04. The third-order valence-corrected chi connectivity index (χ3v) is 3.72. The zero-order chi connectivity index (χ0) is 6.85. The van der Waals surface area contributed by atoms with E-state index < -0.39 is 0 Å². The Labute approximate surface area is 70.9 Å². The predicted octanol–water partition coefficient (Wildman–Crippen LogP) is 3.17. The first kappa shape index (κ1) is 7.58. The van der Waals surface area contributed by atoms with Crippen LogP contribution in [0.5, 0.6) is 0 Å². The van der Waals surface area contributed by atoms with E-state index in [1.807, 2.05) is 0 Å².